The Labute approximate surface area is 117 Å². The Bertz CT molecular complexity index is 406. The van der Waals surface area contributed by atoms with Crippen molar-refractivity contribution in [2.45, 2.75) is 19.8 Å². The summed E-state index contributed by atoms with van der Waals surface area (Å²) in [5.41, 5.74) is 2.56. The molecule has 0 bridgehead atoms. The molecule has 0 saturated carbocycles. The molecule has 1 heterocycles. The largest absolute Gasteiger partial charge is 0.378 e. The van der Waals surface area contributed by atoms with Gasteiger partial charge in [-0.3, -0.25) is 0 Å². The number of rotatable bonds is 4. The van der Waals surface area contributed by atoms with E-state index in [1.165, 1.54) is 43.7 Å². The maximum absolute atomic E-state index is 2.38. The fourth-order valence-corrected chi connectivity index (χ4v) is 2.83. The molecule has 1 aliphatic rings. The van der Waals surface area contributed by atoms with Crippen molar-refractivity contribution < 1.29 is 4.90 Å². The van der Waals surface area contributed by atoms with Gasteiger partial charge in [-0.25, -0.2) is 0 Å². The number of benzene rings is 1. The molecule has 2 heteroatoms. The first-order chi connectivity index (χ1) is 9.15. The predicted molar refractivity (Wildman–Crippen MR) is 83.8 cm³/mol. The molecule has 1 unspecified atom stereocenters. The van der Waals surface area contributed by atoms with Crippen LogP contribution in [0.3, 0.4) is 0 Å². The molecule has 1 saturated heterocycles. The summed E-state index contributed by atoms with van der Waals surface area (Å²) < 4.78 is 0. The van der Waals surface area contributed by atoms with Gasteiger partial charge >= 0.3 is 0 Å². The summed E-state index contributed by atoms with van der Waals surface area (Å²) in [5, 5.41) is 0. The Kier molecular flexibility index (Phi) is 5.03. The zero-order valence-electron chi connectivity index (χ0n) is 12.5. The van der Waals surface area contributed by atoms with E-state index in [4.69, 9.17) is 0 Å². The van der Waals surface area contributed by atoms with E-state index in [1.807, 2.05) is 0 Å². The minimum atomic E-state index is 0.900. The normalized spacial score (nSPS) is 23.7. The summed E-state index contributed by atoms with van der Waals surface area (Å²) in [6, 6.07) is 8.74. The summed E-state index contributed by atoms with van der Waals surface area (Å²) in [6.45, 7) is 6.22. The standard InChI is InChI=1S/C17H26N2/c1-15-6-4-12-19(14-15)13-5-7-16-8-10-17(11-9-16)18(2)3/h5,7-11,15H,4,6,12-14H2,1-3H3/p+1/b7-5+/t15-/m0/s1. The number of hydrogen-bond acceptors (Lipinski definition) is 1. The highest BCUT2D eigenvalue weighted by Crippen LogP contribution is 2.12. The molecule has 1 aromatic rings. The van der Waals surface area contributed by atoms with Crippen molar-refractivity contribution in [3.05, 3.63) is 35.9 Å². The first kappa shape index (κ1) is 14.1. The number of anilines is 1. The summed E-state index contributed by atoms with van der Waals surface area (Å²) in [4.78, 5) is 3.87. The van der Waals surface area contributed by atoms with Crippen molar-refractivity contribution in [1.29, 1.82) is 0 Å². The molecule has 2 atom stereocenters. The van der Waals surface area contributed by atoms with Crippen molar-refractivity contribution in [2.24, 2.45) is 5.92 Å². The quantitative estimate of drug-likeness (QED) is 0.870. The molecule has 2 nitrogen and oxygen atoms in total. The predicted octanol–water partition coefficient (Wildman–Crippen LogP) is 2.08. The summed E-state index contributed by atoms with van der Waals surface area (Å²) in [6.07, 6.45) is 7.39. The SMILES string of the molecule is C[C@H]1CCC[NH+](C/C=C/c2ccc(N(C)C)cc2)C1. The first-order valence-electron chi connectivity index (χ1n) is 7.42. The van der Waals surface area contributed by atoms with Gasteiger partial charge in [0.2, 0.25) is 0 Å². The third-order valence-electron chi connectivity index (χ3n) is 3.99. The third-order valence-corrected chi connectivity index (χ3v) is 3.99. The van der Waals surface area contributed by atoms with Gasteiger partial charge < -0.3 is 9.80 Å². The second-order valence-corrected chi connectivity index (χ2v) is 6.04. The monoisotopic (exact) mass is 259 g/mol. The zero-order valence-corrected chi connectivity index (χ0v) is 12.5. The van der Waals surface area contributed by atoms with Gasteiger partial charge in [0, 0.05) is 25.7 Å². The molecule has 1 aromatic carbocycles. The van der Waals surface area contributed by atoms with Crippen LogP contribution in [0.25, 0.3) is 6.08 Å². The Morgan fingerprint density at radius 2 is 2.00 bits per heavy atom. The smallest absolute Gasteiger partial charge is 0.0961 e. The van der Waals surface area contributed by atoms with Crippen LogP contribution in [-0.2, 0) is 0 Å². The molecule has 1 aliphatic heterocycles. The van der Waals surface area contributed by atoms with Crippen molar-refractivity contribution in [3.63, 3.8) is 0 Å². The van der Waals surface area contributed by atoms with Crippen LogP contribution in [0, 0.1) is 5.92 Å². The highest BCUT2D eigenvalue weighted by molar-refractivity contribution is 5.55. The average Bonchev–Trinajstić information content (AvgIpc) is 2.39. The van der Waals surface area contributed by atoms with Crippen LogP contribution in [0.4, 0.5) is 5.69 Å². The van der Waals surface area contributed by atoms with Crippen molar-refractivity contribution in [2.75, 3.05) is 38.6 Å². The average molecular weight is 259 g/mol. The van der Waals surface area contributed by atoms with E-state index < -0.39 is 0 Å². The van der Waals surface area contributed by atoms with Gasteiger partial charge in [-0.1, -0.05) is 25.1 Å². The number of hydrogen-bond donors (Lipinski definition) is 1. The van der Waals surface area contributed by atoms with Crippen LogP contribution in [0.2, 0.25) is 0 Å². The maximum Gasteiger partial charge on any atom is 0.0961 e. The molecule has 104 valence electrons. The number of piperidine rings is 1. The van der Waals surface area contributed by atoms with Crippen molar-refractivity contribution in [1.82, 2.24) is 0 Å². The van der Waals surface area contributed by atoms with Gasteiger partial charge in [0.05, 0.1) is 19.6 Å². The summed E-state index contributed by atoms with van der Waals surface area (Å²) in [7, 11) is 4.15. The lowest BCUT2D eigenvalue weighted by Crippen LogP contribution is -3.13. The lowest BCUT2D eigenvalue weighted by atomic mass is 10.0. The molecule has 1 N–H and O–H groups in total. The van der Waals surface area contributed by atoms with Gasteiger partial charge in [0.15, 0.2) is 0 Å². The van der Waals surface area contributed by atoms with Crippen molar-refractivity contribution in [3.8, 4) is 0 Å². The van der Waals surface area contributed by atoms with Crippen LogP contribution >= 0.6 is 0 Å². The van der Waals surface area contributed by atoms with E-state index in [9.17, 15) is 0 Å². The van der Waals surface area contributed by atoms with Crippen LogP contribution in [0.15, 0.2) is 30.3 Å². The molecule has 0 aromatic heterocycles. The fourth-order valence-electron chi connectivity index (χ4n) is 2.83. The van der Waals surface area contributed by atoms with E-state index in [0.717, 1.165) is 5.92 Å². The molecule has 0 amide bonds. The van der Waals surface area contributed by atoms with Gasteiger partial charge in [0.1, 0.15) is 0 Å². The molecular formula is C17H27N2+. The summed E-state index contributed by atoms with van der Waals surface area (Å²) >= 11 is 0. The Hall–Kier alpha value is -1.28. The van der Waals surface area contributed by atoms with Crippen LogP contribution in [0.5, 0.6) is 0 Å². The molecule has 0 radical (unpaired) electrons. The Morgan fingerprint density at radius 3 is 2.63 bits per heavy atom. The third kappa shape index (κ3) is 4.39. The van der Waals surface area contributed by atoms with Gasteiger partial charge in [-0.15, -0.1) is 0 Å². The van der Waals surface area contributed by atoms with E-state index in [2.05, 4.69) is 62.3 Å². The Morgan fingerprint density at radius 1 is 1.26 bits per heavy atom. The second-order valence-electron chi connectivity index (χ2n) is 6.04. The van der Waals surface area contributed by atoms with Crippen molar-refractivity contribution >= 4 is 11.8 Å². The molecule has 0 spiro atoms. The van der Waals surface area contributed by atoms with Crippen LogP contribution in [0.1, 0.15) is 25.3 Å². The minimum Gasteiger partial charge on any atom is -0.378 e. The van der Waals surface area contributed by atoms with E-state index >= 15 is 0 Å². The van der Waals surface area contributed by atoms with Gasteiger partial charge in [-0.2, -0.15) is 0 Å². The molecular weight excluding hydrogens is 232 g/mol. The molecule has 0 aliphatic carbocycles. The van der Waals surface area contributed by atoms with E-state index in [0.29, 0.717) is 0 Å². The fraction of sp³-hybridized carbons (Fsp3) is 0.529. The number of likely N-dealkylation sites (tertiary alicyclic amines) is 1. The minimum absolute atomic E-state index is 0.900. The van der Waals surface area contributed by atoms with E-state index in [1.54, 1.807) is 4.90 Å². The number of nitrogens with one attached hydrogen (secondary N) is 1. The second kappa shape index (κ2) is 6.76. The topological polar surface area (TPSA) is 7.68 Å². The number of quaternary nitrogens is 1. The Balaban J connectivity index is 1.84. The highest BCUT2D eigenvalue weighted by atomic mass is 15.1. The lowest BCUT2D eigenvalue weighted by molar-refractivity contribution is -0.902. The zero-order chi connectivity index (χ0) is 13.7. The maximum atomic E-state index is 2.38. The molecule has 1 fully saturated rings. The van der Waals surface area contributed by atoms with E-state index in [-0.39, 0.29) is 0 Å². The number of nitrogens with zero attached hydrogens (tertiary/aromatic N) is 1. The van der Waals surface area contributed by atoms with Crippen LogP contribution in [-0.4, -0.2) is 33.7 Å². The summed E-state index contributed by atoms with van der Waals surface area (Å²) in [5.74, 6) is 0.900. The molecule has 19 heavy (non-hydrogen) atoms. The van der Waals surface area contributed by atoms with Gasteiger partial charge in [-0.05, 0) is 36.6 Å². The molecule has 2 rings (SSSR count). The van der Waals surface area contributed by atoms with Crippen LogP contribution < -0.4 is 9.80 Å². The first-order valence-corrected chi connectivity index (χ1v) is 7.42. The highest BCUT2D eigenvalue weighted by Gasteiger charge is 2.17. The van der Waals surface area contributed by atoms with Gasteiger partial charge in [0.25, 0.3) is 0 Å². The lowest BCUT2D eigenvalue weighted by Gasteiger charge is -2.26.